The minimum absolute atomic E-state index is 0.156. The number of rotatable bonds is 8. The summed E-state index contributed by atoms with van der Waals surface area (Å²) in [5.41, 5.74) is 2.03. The van der Waals surface area contributed by atoms with Gasteiger partial charge >= 0.3 is 12.1 Å². The van der Waals surface area contributed by atoms with Gasteiger partial charge in [0.1, 0.15) is 0 Å². The zero-order chi connectivity index (χ0) is 17.9. The van der Waals surface area contributed by atoms with Crippen LogP contribution in [0, 0.1) is 11.8 Å². The molecule has 134 valence electrons. The highest BCUT2D eigenvalue weighted by molar-refractivity contribution is 5.74. The van der Waals surface area contributed by atoms with Gasteiger partial charge < -0.3 is 21.3 Å². The molecule has 1 rings (SSSR count). The molecule has 0 saturated heterocycles. The van der Waals surface area contributed by atoms with Crippen LogP contribution in [0.2, 0.25) is 0 Å². The maximum Gasteiger partial charge on any atom is 0.315 e. The molecule has 0 bridgehead atoms. The lowest BCUT2D eigenvalue weighted by molar-refractivity contribution is 0.238. The Hall–Kier alpha value is -2.24. The van der Waals surface area contributed by atoms with Crippen LogP contribution in [0.15, 0.2) is 24.3 Å². The van der Waals surface area contributed by atoms with E-state index in [2.05, 4.69) is 49.0 Å². The first-order chi connectivity index (χ1) is 11.4. The molecule has 0 fully saturated rings. The average Bonchev–Trinajstić information content (AvgIpc) is 2.55. The second kappa shape index (κ2) is 10.5. The van der Waals surface area contributed by atoms with Crippen molar-refractivity contribution in [3.63, 3.8) is 0 Å². The van der Waals surface area contributed by atoms with E-state index in [1.807, 2.05) is 24.3 Å². The Morgan fingerprint density at radius 2 is 1.04 bits per heavy atom. The van der Waals surface area contributed by atoms with E-state index in [1.165, 1.54) is 0 Å². The molecule has 4 amide bonds. The largest absolute Gasteiger partial charge is 0.338 e. The van der Waals surface area contributed by atoms with Crippen molar-refractivity contribution < 1.29 is 9.59 Å². The number of carbonyl (C=O) groups is 2. The predicted octanol–water partition coefficient (Wildman–Crippen LogP) is 2.60. The molecule has 24 heavy (non-hydrogen) atoms. The number of amides is 4. The van der Waals surface area contributed by atoms with Gasteiger partial charge in [0.25, 0.3) is 0 Å². The first-order valence-corrected chi connectivity index (χ1v) is 8.48. The van der Waals surface area contributed by atoms with Crippen LogP contribution in [0.25, 0.3) is 0 Å². The molecular formula is C18H30N4O2. The highest BCUT2D eigenvalue weighted by Crippen LogP contribution is 2.04. The molecule has 6 heteroatoms. The van der Waals surface area contributed by atoms with Crippen LogP contribution in [0.4, 0.5) is 9.59 Å². The summed E-state index contributed by atoms with van der Waals surface area (Å²) in [6.45, 7) is 10.5. The Kier molecular flexibility index (Phi) is 8.68. The molecule has 4 N–H and O–H groups in total. The van der Waals surface area contributed by atoms with Crippen molar-refractivity contribution >= 4 is 12.1 Å². The van der Waals surface area contributed by atoms with E-state index in [1.54, 1.807) is 0 Å². The highest BCUT2D eigenvalue weighted by atomic mass is 16.2. The lowest BCUT2D eigenvalue weighted by Gasteiger charge is -2.11. The molecule has 0 saturated carbocycles. The number of hydrogen-bond donors (Lipinski definition) is 4. The Balaban J connectivity index is 2.30. The van der Waals surface area contributed by atoms with Crippen LogP contribution in [-0.4, -0.2) is 25.2 Å². The van der Waals surface area contributed by atoms with Crippen molar-refractivity contribution in [1.29, 1.82) is 0 Å². The fourth-order valence-corrected chi connectivity index (χ4v) is 1.86. The Morgan fingerprint density at radius 3 is 1.33 bits per heavy atom. The third-order valence-electron chi connectivity index (χ3n) is 3.27. The normalized spacial score (nSPS) is 10.6. The second-order valence-corrected chi connectivity index (χ2v) is 6.73. The van der Waals surface area contributed by atoms with Gasteiger partial charge in [-0.25, -0.2) is 9.59 Å². The van der Waals surface area contributed by atoms with Gasteiger partial charge in [-0.05, 0) is 23.0 Å². The van der Waals surface area contributed by atoms with Crippen molar-refractivity contribution in [1.82, 2.24) is 21.3 Å². The molecule has 1 aromatic rings. The minimum Gasteiger partial charge on any atom is -0.338 e. The van der Waals surface area contributed by atoms with E-state index in [0.717, 1.165) is 11.1 Å². The Labute approximate surface area is 144 Å². The van der Waals surface area contributed by atoms with Gasteiger partial charge in [-0.3, -0.25) is 0 Å². The molecule has 0 aliphatic heterocycles. The zero-order valence-corrected chi connectivity index (χ0v) is 15.1. The summed E-state index contributed by atoms with van der Waals surface area (Å²) < 4.78 is 0. The summed E-state index contributed by atoms with van der Waals surface area (Å²) in [6, 6.07) is 7.49. The van der Waals surface area contributed by atoms with Crippen molar-refractivity contribution in [2.45, 2.75) is 40.8 Å². The van der Waals surface area contributed by atoms with Crippen LogP contribution in [-0.2, 0) is 13.1 Å². The maximum absolute atomic E-state index is 11.6. The lowest BCUT2D eigenvalue weighted by atomic mass is 10.1. The van der Waals surface area contributed by atoms with Crippen molar-refractivity contribution in [3.05, 3.63) is 35.4 Å². The topological polar surface area (TPSA) is 82.3 Å². The summed E-state index contributed by atoms with van der Waals surface area (Å²) in [6.07, 6.45) is 0. The van der Waals surface area contributed by atoms with E-state index >= 15 is 0 Å². The van der Waals surface area contributed by atoms with Gasteiger partial charge in [0.15, 0.2) is 0 Å². The van der Waals surface area contributed by atoms with Crippen molar-refractivity contribution in [2.75, 3.05) is 13.1 Å². The predicted molar refractivity (Wildman–Crippen MR) is 96.6 cm³/mol. The lowest BCUT2D eigenvalue weighted by Crippen LogP contribution is -2.37. The van der Waals surface area contributed by atoms with Gasteiger partial charge in [-0.15, -0.1) is 0 Å². The third kappa shape index (κ3) is 9.02. The first kappa shape index (κ1) is 19.8. The second-order valence-electron chi connectivity index (χ2n) is 6.73. The van der Waals surface area contributed by atoms with Crippen molar-refractivity contribution in [2.24, 2.45) is 11.8 Å². The van der Waals surface area contributed by atoms with E-state index in [9.17, 15) is 9.59 Å². The molecular weight excluding hydrogens is 304 g/mol. The summed E-state index contributed by atoms with van der Waals surface area (Å²) in [5, 5.41) is 11.3. The average molecular weight is 334 g/mol. The monoisotopic (exact) mass is 334 g/mol. The van der Waals surface area contributed by atoms with Gasteiger partial charge in [0, 0.05) is 26.2 Å². The van der Waals surface area contributed by atoms with Crippen molar-refractivity contribution in [3.8, 4) is 0 Å². The summed E-state index contributed by atoms with van der Waals surface area (Å²) in [5.74, 6) is 0.862. The van der Waals surface area contributed by atoms with Gasteiger partial charge in [0.2, 0.25) is 0 Å². The Morgan fingerprint density at radius 1 is 0.708 bits per heavy atom. The molecule has 0 unspecified atom stereocenters. The van der Waals surface area contributed by atoms with Crippen LogP contribution >= 0.6 is 0 Å². The Bertz CT molecular complexity index is 465. The van der Waals surface area contributed by atoms with Gasteiger partial charge in [-0.2, -0.15) is 0 Å². The third-order valence-corrected chi connectivity index (χ3v) is 3.27. The summed E-state index contributed by atoms with van der Waals surface area (Å²) in [4.78, 5) is 23.2. The summed E-state index contributed by atoms with van der Waals surface area (Å²) in [7, 11) is 0. The van der Waals surface area contributed by atoms with Gasteiger partial charge in [0.05, 0.1) is 0 Å². The number of carbonyl (C=O) groups excluding carboxylic acids is 2. The maximum atomic E-state index is 11.6. The van der Waals surface area contributed by atoms with Crippen LogP contribution in [0.1, 0.15) is 38.8 Å². The molecule has 0 aromatic heterocycles. The molecule has 0 aliphatic rings. The number of hydrogen-bond acceptors (Lipinski definition) is 2. The molecule has 0 atom stereocenters. The first-order valence-electron chi connectivity index (χ1n) is 8.48. The molecule has 1 aromatic carbocycles. The van der Waals surface area contributed by atoms with E-state index < -0.39 is 0 Å². The molecule has 0 heterocycles. The molecule has 6 nitrogen and oxygen atoms in total. The quantitative estimate of drug-likeness (QED) is 0.589. The number of urea groups is 2. The van der Waals surface area contributed by atoms with Gasteiger partial charge in [-0.1, -0.05) is 52.0 Å². The SMILES string of the molecule is CC(C)CNC(=O)NCc1ccc(CNC(=O)NCC(C)C)cc1. The van der Waals surface area contributed by atoms with E-state index in [0.29, 0.717) is 38.0 Å². The van der Waals surface area contributed by atoms with Crippen LogP contribution in [0.5, 0.6) is 0 Å². The molecule has 0 radical (unpaired) electrons. The van der Waals surface area contributed by atoms with E-state index in [-0.39, 0.29) is 12.1 Å². The smallest absolute Gasteiger partial charge is 0.315 e. The van der Waals surface area contributed by atoms with Crippen LogP contribution in [0.3, 0.4) is 0 Å². The molecule has 0 aliphatic carbocycles. The number of benzene rings is 1. The number of nitrogens with one attached hydrogen (secondary N) is 4. The standard InChI is InChI=1S/C18H30N4O2/c1-13(2)9-19-17(23)21-11-15-5-7-16(8-6-15)12-22-18(24)20-10-14(3)4/h5-8,13-14H,9-12H2,1-4H3,(H2,19,21,23)(H2,20,22,24). The fraction of sp³-hybridized carbons (Fsp3) is 0.556. The minimum atomic E-state index is -0.156. The summed E-state index contributed by atoms with van der Waals surface area (Å²) >= 11 is 0. The highest BCUT2D eigenvalue weighted by Gasteiger charge is 2.03. The molecule has 0 spiro atoms. The fourth-order valence-electron chi connectivity index (χ4n) is 1.86. The zero-order valence-electron chi connectivity index (χ0n) is 15.1. The van der Waals surface area contributed by atoms with Crippen LogP contribution < -0.4 is 21.3 Å². The van der Waals surface area contributed by atoms with E-state index in [4.69, 9.17) is 0 Å².